The minimum Gasteiger partial charge on any atom is -0.469 e. The van der Waals surface area contributed by atoms with Crippen molar-refractivity contribution in [3.05, 3.63) is 54.1 Å². The van der Waals surface area contributed by atoms with E-state index < -0.39 is 6.10 Å². The maximum absolute atomic E-state index is 11.3. The summed E-state index contributed by atoms with van der Waals surface area (Å²) < 4.78 is 4.68. The Morgan fingerprint density at radius 1 is 1.10 bits per heavy atom. The number of aliphatic hydroxyl groups excluding tert-OH is 1. The molecule has 0 aliphatic heterocycles. The van der Waals surface area contributed by atoms with Crippen LogP contribution in [-0.4, -0.2) is 28.2 Å². The fourth-order valence-corrected chi connectivity index (χ4v) is 3.42. The van der Waals surface area contributed by atoms with Crippen LogP contribution in [-0.2, 0) is 9.53 Å². The molecule has 0 spiro atoms. The lowest BCUT2D eigenvalue weighted by atomic mass is 9.94. The van der Waals surface area contributed by atoms with Gasteiger partial charge < -0.3 is 9.84 Å². The number of hydrogen-bond acceptors (Lipinski definition) is 5. The second-order valence-electron chi connectivity index (χ2n) is 7.56. The summed E-state index contributed by atoms with van der Waals surface area (Å²) in [5.74, 6) is -0.246. The van der Waals surface area contributed by atoms with Gasteiger partial charge in [-0.25, -0.2) is 9.97 Å². The van der Waals surface area contributed by atoms with Crippen LogP contribution in [0, 0.1) is 0 Å². The zero-order chi connectivity index (χ0) is 21.6. The van der Waals surface area contributed by atoms with Gasteiger partial charge in [0.25, 0.3) is 0 Å². The van der Waals surface area contributed by atoms with Crippen molar-refractivity contribution < 1.29 is 14.6 Å². The molecule has 1 heterocycles. The predicted octanol–water partition coefficient (Wildman–Crippen LogP) is 5.89. The third-order valence-corrected chi connectivity index (χ3v) is 5.20. The van der Waals surface area contributed by atoms with Gasteiger partial charge in [-0.1, -0.05) is 56.9 Å². The van der Waals surface area contributed by atoms with Crippen molar-refractivity contribution >= 4 is 12.0 Å². The van der Waals surface area contributed by atoms with E-state index in [2.05, 4.69) is 39.8 Å². The average Bonchev–Trinajstić information content (AvgIpc) is 2.78. The van der Waals surface area contributed by atoms with Crippen LogP contribution in [0.1, 0.15) is 81.9 Å². The number of esters is 1. The minimum absolute atomic E-state index is 0.246. The molecule has 5 heteroatoms. The lowest BCUT2D eigenvalue weighted by Crippen LogP contribution is -2.04. The van der Waals surface area contributed by atoms with E-state index in [1.54, 1.807) is 12.4 Å². The Hall–Kier alpha value is -2.53. The Labute approximate surface area is 180 Å². The molecule has 30 heavy (non-hydrogen) atoms. The van der Waals surface area contributed by atoms with E-state index in [1.165, 1.54) is 45.5 Å². The van der Waals surface area contributed by atoms with E-state index in [1.807, 2.05) is 12.1 Å². The molecule has 1 unspecified atom stereocenters. The van der Waals surface area contributed by atoms with Crippen LogP contribution >= 0.6 is 0 Å². The van der Waals surface area contributed by atoms with Gasteiger partial charge in [-0.2, -0.15) is 0 Å². The van der Waals surface area contributed by atoms with E-state index in [-0.39, 0.29) is 5.97 Å². The highest BCUT2D eigenvalue weighted by Gasteiger charge is 2.13. The number of methoxy groups -OCH3 is 1. The van der Waals surface area contributed by atoms with Gasteiger partial charge in [-0.05, 0) is 48.4 Å². The molecule has 5 nitrogen and oxygen atoms in total. The number of hydrogen-bond donors (Lipinski definition) is 1. The molecule has 2 aromatic rings. The van der Waals surface area contributed by atoms with Gasteiger partial charge in [0.1, 0.15) is 6.33 Å². The molecule has 1 aromatic carbocycles. The van der Waals surface area contributed by atoms with Gasteiger partial charge in [0.2, 0.25) is 0 Å². The fraction of sp³-hybridized carbons (Fsp3) is 0.480. The molecule has 0 amide bonds. The Morgan fingerprint density at radius 3 is 2.60 bits per heavy atom. The highest BCUT2D eigenvalue weighted by Crippen LogP contribution is 2.29. The SMILES string of the molecule is CCCCCCC/C=C/c1cc(-c2cncnc2)ccc1C(O)CCCC(=O)OC. The van der Waals surface area contributed by atoms with Crippen LogP contribution in [0.2, 0.25) is 0 Å². The summed E-state index contributed by atoms with van der Waals surface area (Å²) in [6.45, 7) is 2.22. The van der Waals surface area contributed by atoms with Crippen LogP contribution in [0.4, 0.5) is 0 Å². The van der Waals surface area contributed by atoms with Crippen LogP contribution in [0.5, 0.6) is 0 Å². The number of carbonyl (C=O) groups excluding carboxylic acids is 1. The summed E-state index contributed by atoms with van der Waals surface area (Å²) in [4.78, 5) is 19.5. The third kappa shape index (κ3) is 8.07. The zero-order valence-electron chi connectivity index (χ0n) is 18.2. The largest absolute Gasteiger partial charge is 0.469 e. The van der Waals surface area contributed by atoms with E-state index in [0.717, 1.165) is 28.7 Å². The lowest BCUT2D eigenvalue weighted by Gasteiger charge is -2.15. The standard InChI is InChI=1S/C25H34N2O3/c1-3-4-5-6-7-8-9-11-21-16-20(22-17-26-19-27-18-22)14-15-23(21)24(28)12-10-13-25(29)30-2/h9,11,14-19,24,28H,3-8,10,12-13H2,1-2H3/b11-9+. The van der Waals surface area contributed by atoms with Crippen molar-refractivity contribution in [1.29, 1.82) is 0 Å². The first kappa shape index (κ1) is 23.7. The van der Waals surface area contributed by atoms with Gasteiger partial charge in [0.15, 0.2) is 0 Å². The maximum atomic E-state index is 11.3. The monoisotopic (exact) mass is 410 g/mol. The Bertz CT molecular complexity index is 790. The van der Waals surface area contributed by atoms with Crippen LogP contribution in [0.3, 0.4) is 0 Å². The van der Waals surface area contributed by atoms with Gasteiger partial charge in [-0.3, -0.25) is 4.79 Å². The van der Waals surface area contributed by atoms with E-state index in [4.69, 9.17) is 0 Å². The van der Waals surface area contributed by atoms with E-state index in [0.29, 0.717) is 19.3 Å². The average molecular weight is 411 g/mol. The quantitative estimate of drug-likeness (QED) is 0.329. The molecule has 1 aromatic heterocycles. The number of unbranched alkanes of at least 4 members (excludes halogenated alkanes) is 5. The van der Waals surface area contributed by atoms with Crippen LogP contribution in [0.25, 0.3) is 17.2 Å². The third-order valence-electron chi connectivity index (χ3n) is 5.20. The topological polar surface area (TPSA) is 72.3 Å². The number of carbonyl (C=O) groups is 1. The van der Waals surface area contributed by atoms with Crippen molar-refractivity contribution in [2.45, 2.75) is 70.8 Å². The molecule has 0 saturated carbocycles. The second-order valence-corrected chi connectivity index (χ2v) is 7.56. The Balaban J connectivity index is 2.11. The van der Waals surface area contributed by atoms with Gasteiger partial charge in [0.05, 0.1) is 13.2 Å². The Morgan fingerprint density at radius 2 is 1.87 bits per heavy atom. The summed E-state index contributed by atoms with van der Waals surface area (Å²) in [6, 6.07) is 6.02. The van der Waals surface area contributed by atoms with Crippen molar-refractivity contribution in [2.24, 2.45) is 0 Å². The molecule has 0 bridgehead atoms. The minimum atomic E-state index is -0.625. The molecule has 162 valence electrons. The molecule has 1 N–H and O–H groups in total. The Kier molecular flexibility index (Phi) is 10.8. The number of ether oxygens (including phenoxy) is 1. The highest BCUT2D eigenvalue weighted by molar-refractivity contribution is 5.69. The number of aliphatic hydroxyl groups is 1. The van der Waals surface area contributed by atoms with E-state index >= 15 is 0 Å². The zero-order valence-corrected chi connectivity index (χ0v) is 18.2. The smallest absolute Gasteiger partial charge is 0.305 e. The lowest BCUT2D eigenvalue weighted by molar-refractivity contribution is -0.140. The number of allylic oxidation sites excluding steroid dienone is 1. The number of nitrogens with zero attached hydrogens (tertiary/aromatic N) is 2. The molecule has 0 aliphatic rings. The van der Waals surface area contributed by atoms with E-state index in [9.17, 15) is 9.90 Å². The number of aromatic nitrogens is 2. The molecular weight excluding hydrogens is 376 g/mol. The molecule has 0 radical (unpaired) electrons. The van der Waals surface area contributed by atoms with Crippen LogP contribution < -0.4 is 0 Å². The van der Waals surface area contributed by atoms with Crippen LogP contribution in [0.15, 0.2) is 43.0 Å². The van der Waals surface area contributed by atoms with Gasteiger partial charge >= 0.3 is 5.97 Å². The molecule has 0 fully saturated rings. The number of rotatable bonds is 13. The normalized spacial score (nSPS) is 12.2. The first-order valence-electron chi connectivity index (χ1n) is 11.0. The van der Waals surface area contributed by atoms with Crippen molar-refractivity contribution in [1.82, 2.24) is 9.97 Å². The highest BCUT2D eigenvalue weighted by atomic mass is 16.5. The summed E-state index contributed by atoms with van der Waals surface area (Å²) in [5.41, 5.74) is 3.83. The molecular formula is C25H34N2O3. The maximum Gasteiger partial charge on any atom is 0.305 e. The first-order chi connectivity index (χ1) is 14.7. The molecule has 1 atom stereocenters. The summed E-state index contributed by atoms with van der Waals surface area (Å²) in [5, 5.41) is 10.7. The summed E-state index contributed by atoms with van der Waals surface area (Å²) in [7, 11) is 1.38. The fourth-order valence-electron chi connectivity index (χ4n) is 3.42. The molecule has 2 rings (SSSR count). The summed E-state index contributed by atoms with van der Waals surface area (Å²) in [6.07, 6.45) is 17.5. The molecule has 0 saturated heterocycles. The van der Waals surface area contributed by atoms with Gasteiger partial charge in [-0.15, -0.1) is 0 Å². The van der Waals surface area contributed by atoms with Gasteiger partial charge in [0, 0.05) is 24.4 Å². The molecule has 0 aliphatic carbocycles. The van der Waals surface area contributed by atoms with Crippen molar-refractivity contribution in [2.75, 3.05) is 7.11 Å². The van der Waals surface area contributed by atoms with Crippen molar-refractivity contribution in [3.8, 4) is 11.1 Å². The van der Waals surface area contributed by atoms with Crippen molar-refractivity contribution in [3.63, 3.8) is 0 Å². The summed E-state index contributed by atoms with van der Waals surface area (Å²) >= 11 is 0. The number of benzene rings is 1. The second kappa shape index (κ2) is 13.6. The first-order valence-corrected chi connectivity index (χ1v) is 11.0. The predicted molar refractivity (Wildman–Crippen MR) is 121 cm³/mol.